The second kappa shape index (κ2) is 7.88. The molecule has 116 valence electrons. The molecular formula is C16H25N3O2. The van der Waals surface area contributed by atoms with Crippen LogP contribution in [0.25, 0.3) is 0 Å². The average molecular weight is 291 g/mol. The van der Waals surface area contributed by atoms with Crippen LogP contribution in [-0.2, 0) is 4.74 Å². The summed E-state index contributed by atoms with van der Waals surface area (Å²) < 4.78 is 10.7. The van der Waals surface area contributed by atoms with Crippen molar-refractivity contribution in [3.8, 4) is 5.75 Å². The van der Waals surface area contributed by atoms with E-state index < -0.39 is 0 Å². The van der Waals surface area contributed by atoms with E-state index in [-0.39, 0.29) is 0 Å². The average Bonchev–Trinajstić information content (AvgIpc) is 3.18. The lowest BCUT2D eigenvalue weighted by atomic mass is 10.3. The van der Waals surface area contributed by atoms with Gasteiger partial charge in [-0.2, -0.15) is 0 Å². The number of nitrogens with one attached hydrogen (secondary N) is 2. The summed E-state index contributed by atoms with van der Waals surface area (Å²) in [5.41, 5.74) is 0.973. The molecule has 0 bridgehead atoms. The SMILES string of the molecule is CN=C(Nc1cccc(OCCCOC)c1)NC1CC1C. The van der Waals surface area contributed by atoms with Crippen LogP contribution >= 0.6 is 0 Å². The smallest absolute Gasteiger partial charge is 0.195 e. The first-order chi connectivity index (χ1) is 10.2. The van der Waals surface area contributed by atoms with Gasteiger partial charge in [0.15, 0.2) is 5.96 Å². The molecular weight excluding hydrogens is 266 g/mol. The highest BCUT2D eigenvalue weighted by molar-refractivity contribution is 5.94. The van der Waals surface area contributed by atoms with E-state index in [9.17, 15) is 0 Å². The Kier molecular flexibility index (Phi) is 5.87. The molecule has 0 radical (unpaired) electrons. The van der Waals surface area contributed by atoms with Crippen molar-refractivity contribution in [2.75, 3.05) is 32.7 Å². The third kappa shape index (κ3) is 5.27. The van der Waals surface area contributed by atoms with Crippen LogP contribution in [0.15, 0.2) is 29.3 Å². The molecule has 0 heterocycles. The van der Waals surface area contributed by atoms with Gasteiger partial charge in [-0.3, -0.25) is 4.99 Å². The predicted molar refractivity (Wildman–Crippen MR) is 86.1 cm³/mol. The molecule has 0 saturated heterocycles. The fraction of sp³-hybridized carbons (Fsp3) is 0.562. The van der Waals surface area contributed by atoms with Gasteiger partial charge in [-0.15, -0.1) is 0 Å². The van der Waals surface area contributed by atoms with Gasteiger partial charge in [0, 0.05) is 45.0 Å². The van der Waals surface area contributed by atoms with E-state index in [4.69, 9.17) is 9.47 Å². The third-order valence-electron chi connectivity index (χ3n) is 3.51. The Bertz CT molecular complexity index is 476. The lowest BCUT2D eigenvalue weighted by molar-refractivity contribution is 0.172. The Morgan fingerprint density at radius 1 is 1.38 bits per heavy atom. The van der Waals surface area contributed by atoms with Gasteiger partial charge in [0.25, 0.3) is 0 Å². The first kappa shape index (κ1) is 15.6. The van der Waals surface area contributed by atoms with Gasteiger partial charge in [0.1, 0.15) is 5.75 Å². The summed E-state index contributed by atoms with van der Waals surface area (Å²) >= 11 is 0. The molecule has 1 saturated carbocycles. The summed E-state index contributed by atoms with van der Waals surface area (Å²) in [6.45, 7) is 3.61. The molecule has 5 heteroatoms. The van der Waals surface area contributed by atoms with E-state index in [1.807, 2.05) is 24.3 Å². The molecule has 1 aliphatic rings. The zero-order valence-corrected chi connectivity index (χ0v) is 13.1. The highest BCUT2D eigenvalue weighted by Crippen LogP contribution is 2.29. The highest BCUT2D eigenvalue weighted by atomic mass is 16.5. The Balaban J connectivity index is 1.84. The minimum Gasteiger partial charge on any atom is -0.493 e. The maximum absolute atomic E-state index is 5.69. The number of nitrogens with zero attached hydrogens (tertiary/aromatic N) is 1. The van der Waals surface area contributed by atoms with Crippen LogP contribution in [0.4, 0.5) is 5.69 Å². The standard InChI is InChI=1S/C16H25N3O2/c1-12-10-15(12)19-16(17-2)18-13-6-4-7-14(11-13)21-9-5-8-20-3/h4,6-7,11-12,15H,5,8-10H2,1-3H3,(H2,17,18,19). The molecule has 2 atom stereocenters. The quantitative estimate of drug-likeness (QED) is 0.460. The van der Waals surface area contributed by atoms with Crippen molar-refractivity contribution in [2.45, 2.75) is 25.8 Å². The molecule has 0 amide bonds. The fourth-order valence-corrected chi connectivity index (χ4v) is 2.05. The van der Waals surface area contributed by atoms with Gasteiger partial charge < -0.3 is 20.1 Å². The minimum atomic E-state index is 0.546. The molecule has 2 rings (SSSR count). The maximum Gasteiger partial charge on any atom is 0.195 e. The van der Waals surface area contributed by atoms with Crippen molar-refractivity contribution in [2.24, 2.45) is 10.9 Å². The normalized spacial score (nSPS) is 21.0. The molecule has 5 nitrogen and oxygen atoms in total. The van der Waals surface area contributed by atoms with E-state index >= 15 is 0 Å². The van der Waals surface area contributed by atoms with Crippen LogP contribution in [0.1, 0.15) is 19.8 Å². The van der Waals surface area contributed by atoms with E-state index in [2.05, 4.69) is 22.5 Å². The molecule has 1 aliphatic carbocycles. The van der Waals surface area contributed by atoms with E-state index in [0.29, 0.717) is 19.3 Å². The summed E-state index contributed by atoms with van der Waals surface area (Å²) in [4.78, 5) is 4.25. The van der Waals surface area contributed by atoms with E-state index in [1.54, 1.807) is 14.2 Å². The maximum atomic E-state index is 5.69. The zero-order chi connectivity index (χ0) is 15.1. The van der Waals surface area contributed by atoms with Crippen molar-refractivity contribution in [3.05, 3.63) is 24.3 Å². The van der Waals surface area contributed by atoms with Crippen molar-refractivity contribution >= 4 is 11.6 Å². The summed E-state index contributed by atoms with van der Waals surface area (Å²) in [6, 6.07) is 8.46. The van der Waals surface area contributed by atoms with Crippen LogP contribution in [-0.4, -0.2) is 39.4 Å². The molecule has 0 aromatic heterocycles. The molecule has 21 heavy (non-hydrogen) atoms. The van der Waals surface area contributed by atoms with E-state index in [1.165, 1.54) is 6.42 Å². The number of benzene rings is 1. The van der Waals surface area contributed by atoms with Gasteiger partial charge in [-0.05, 0) is 24.5 Å². The number of anilines is 1. The Labute approximate surface area is 126 Å². The summed E-state index contributed by atoms with van der Waals surface area (Å²) in [7, 11) is 3.48. The molecule has 2 unspecified atom stereocenters. The minimum absolute atomic E-state index is 0.546. The molecule has 2 N–H and O–H groups in total. The number of guanidine groups is 1. The first-order valence-electron chi connectivity index (χ1n) is 7.45. The summed E-state index contributed by atoms with van der Waals surface area (Å²) in [6.07, 6.45) is 2.10. The highest BCUT2D eigenvalue weighted by Gasteiger charge is 2.33. The number of hydrogen-bond acceptors (Lipinski definition) is 3. The predicted octanol–water partition coefficient (Wildman–Crippen LogP) is 2.50. The fourth-order valence-electron chi connectivity index (χ4n) is 2.05. The van der Waals surface area contributed by atoms with Gasteiger partial charge in [0.2, 0.25) is 0 Å². The van der Waals surface area contributed by atoms with Gasteiger partial charge in [-0.1, -0.05) is 13.0 Å². The summed E-state index contributed by atoms with van der Waals surface area (Å²) in [5, 5.41) is 6.70. The van der Waals surface area contributed by atoms with Crippen LogP contribution in [0.3, 0.4) is 0 Å². The van der Waals surface area contributed by atoms with Crippen molar-refractivity contribution in [3.63, 3.8) is 0 Å². The molecule has 1 aromatic rings. The summed E-state index contributed by atoms with van der Waals surface area (Å²) in [5.74, 6) is 2.39. The topological polar surface area (TPSA) is 54.9 Å². The van der Waals surface area contributed by atoms with Crippen LogP contribution in [0, 0.1) is 5.92 Å². The number of ether oxygens (including phenoxy) is 2. The lowest BCUT2D eigenvalue weighted by Crippen LogP contribution is -2.33. The second-order valence-corrected chi connectivity index (χ2v) is 5.38. The lowest BCUT2D eigenvalue weighted by Gasteiger charge is -2.13. The Morgan fingerprint density at radius 3 is 2.86 bits per heavy atom. The van der Waals surface area contributed by atoms with Crippen LogP contribution in [0.5, 0.6) is 5.75 Å². The molecule has 0 aliphatic heterocycles. The van der Waals surface area contributed by atoms with E-state index in [0.717, 1.165) is 29.7 Å². The van der Waals surface area contributed by atoms with Gasteiger partial charge >= 0.3 is 0 Å². The second-order valence-electron chi connectivity index (χ2n) is 5.38. The molecule has 0 spiro atoms. The number of hydrogen-bond donors (Lipinski definition) is 2. The first-order valence-corrected chi connectivity index (χ1v) is 7.45. The van der Waals surface area contributed by atoms with Crippen molar-refractivity contribution in [1.82, 2.24) is 5.32 Å². The van der Waals surface area contributed by atoms with Gasteiger partial charge in [0.05, 0.1) is 6.61 Å². The zero-order valence-electron chi connectivity index (χ0n) is 13.1. The van der Waals surface area contributed by atoms with Crippen LogP contribution < -0.4 is 15.4 Å². The largest absolute Gasteiger partial charge is 0.493 e. The van der Waals surface area contributed by atoms with Crippen molar-refractivity contribution < 1.29 is 9.47 Å². The molecule has 1 aromatic carbocycles. The van der Waals surface area contributed by atoms with Crippen LogP contribution in [0.2, 0.25) is 0 Å². The Hall–Kier alpha value is -1.75. The number of methoxy groups -OCH3 is 1. The number of aliphatic imine (C=N–C) groups is 1. The van der Waals surface area contributed by atoms with Gasteiger partial charge in [-0.25, -0.2) is 0 Å². The third-order valence-corrected chi connectivity index (χ3v) is 3.51. The number of rotatable bonds is 7. The Morgan fingerprint density at radius 2 is 2.19 bits per heavy atom. The monoisotopic (exact) mass is 291 g/mol. The van der Waals surface area contributed by atoms with Crippen molar-refractivity contribution in [1.29, 1.82) is 0 Å². The molecule has 1 fully saturated rings.